The van der Waals surface area contributed by atoms with Crippen LogP contribution in [-0.4, -0.2) is 34.2 Å². The summed E-state index contributed by atoms with van der Waals surface area (Å²) in [5.74, 6) is 1.51. The molecular weight excluding hydrogens is 503 g/mol. The lowest BCUT2D eigenvalue weighted by Gasteiger charge is -2.14. The SMILES string of the molecule is COc1ccccc1Nc1nc(Nc2ccccc2OC)nc(Oc2nc(Cl)c(Cl)cc2Cl)n1. The van der Waals surface area contributed by atoms with E-state index in [1.54, 1.807) is 26.4 Å². The van der Waals surface area contributed by atoms with Gasteiger partial charge < -0.3 is 24.8 Å². The van der Waals surface area contributed by atoms with E-state index in [1.807, 2.05) is 36.4 Å². The highest BCUT2D eigenvalue weighted by atomic mass is 35.5. The molecule has 0 aliphatic rings. The van der Waals surface area contributed by atoms with Crippen molar-refractivity contribution in [3.05, 3.63) is 69.8 Å². The topological polar surface area (TPSA) is 103 Å². The van der Waals surface area contributed by atoms with E-state index in [4.69, 9.17) is 49.0 Å². The number of halogens is 3. The van der Waals surface area contributed by atoms with Crippen LogP contribution >= 0.6 is 34.8 Å². The maximum absolute atomic E-state index is 6.20. The molecule has 0 saturated carbocycles. The Hall–Kier alpha value is -3.53. The molecule has 0 aliphatic heterocycles. The maximum atomic E-state index is 6.20. The molecule has 0 bridgehead atoms. The van der Waals surface area contributed by atoms with Gasteiger partial charge in [0.05, 0.1) is 30.6 Å². The van der Waals surface area contributed by atoms with E-state index in [0.717, 1.165) is 0 Å². The van der Waals surface area contributed by atoms with Crippen molar-refractivity contribution in [3.63, 3.8) is 0 Å². The third kappa shape index (κ3) is 5.51. The molecule has 0 amide bonds. The van der Waals surface area contributed by atoms with Crippen molar-refractivity contribution in [2.75, 3.05) is 24.9 Å². The second-order valence-electron chi connectivity index (χ2n) is 6.57. The molecule has 2 aromatic heterocycles. The number of methoxy groups -OCH3 is 2. The smallest absolute Gasteiger partial charge is 0.330 e. The molecule has 0 unspecified atom stereocenters. The van der Waals surface area contributed by atoms with Gasteiger partial charge >= 0.3 is 6.01 Å². The summed E-state index contributed by atoms with van der Waals surface area (Å²) in [5.41, 5.74) is 1.27. The Morgan fingerprint density at radius 2 is 1.21 bits per heavy atom. The van der Waals surface area contributed by atoms with Crippen LogP contribution in [0.1, 0.15) is 0 Å². The molecule has 0 saturated heterocycles. The van der Waals surface area contributed by atoms with Crippen molar-refractivity contribution < 1.29 is 14.2 Å². The number of aromatic nitrogens is 4. The molecule has 0 spiro atoms. The van der Waals surface area contributed by atoms with Crippen LogP contribution in [0.3, 0.4) is 0 Å². The average Bonchev–Trinajstić information content (AvgIpc) is 2.83. The van der Waals surface area contributed by atoms with E-state index in [-0.39, 0.29) is 39.0 Å². The van der Waals surface area contributed by atoms with Gasteiger partial charge in [0.2, 0.25) is 17.8 Å². The first-order valence-corrected chi connectivity index (χ1v) is 10.9. The van der Waals surface area contributed by atoms with Crippen molar-refractivity contribution >= 4 is 58.1 Å². The zero-order valence-electron chi connectivity index (χ0n) is 17.8. The summed E-state index contributed by atoms with van der Waals surface area (Å²) >= 11 is 18.2. The Morgan fingerprint density at radius 3 is 1.74 bits per heavy atom. The number of pyridine rings is 1. The lowest BCUT2D eigenvalue weighted by molar-refractivity contribution is 0.416. The molecule has 174 valence electrons. The first-order chi connectivity index (χ1) is 16.5. The summed E-state index contributed by atoms with van der Waals surface area (Å²) in [4.78, 5) is 17.1. The fourth-order valence-corrected chi connectivity index (χ4v) is 3.37. The van der Waals surface area contributed by atoms with Crippen LogP contribution in [0.2, 0.25) is 15.2 Å². The van der Waals surface area contributed by atoms with E-state index in [2.05, 4.69) is 30.6 Å². The molecule has 0 radical (unpaired) electrons. The molecule has 2 heterocycles. The Bertz CT molecular complexity index is 1260. The van der Waals surface area contributed by atoms with Crippen molar-refractivity contribution in [3.8, 4) is 23.4 Å². The van der Waals surface area contributed by atoms with Gasteiger partial charge in [0.15, 0.2) is 5.15 Å². The Balaban J connectivity index is 1.73. The number of benzene rings is 2. The zero-order chi connectivity index (χ0) is 24.1. The molecule has 4 aromatic rings. The number of hydrogen-bond donors (Lipinski definition) is 2. The summed E-state index contributed by atoms with van der Waals surface area (Å²) < 4.78 is 16.5. The van der Waals surface area contributed by atoms with Gasteiger partial charge in [0.25, 0.3) is 0 Å². The zero-order valence-corrected chi connectivity index (χ0v) is 20.1. The number of nitrogens with zero attached hydrogens (tertiary/aromatic N) is 4. The van der Waals surface area contributed by atoms with Gasteiger partial charge in [-0.05, 0) is 30.3 Å². The fourth-order valence-electron chi connectivity index (χ4n) is 2.84. The van der Waals surface area contributed by atoms with Gasteiger partial charge in [0, 0.05) is 0 Å². The molecule has 0 aliphatic carbocycles. The number of hydrogen-bond acceptors (Lipinski definition) is 9. The largest absolute Gasteiger partial charge is 0.495 e. The first-order valence-electron chi connectivity index (χ1n) is 9.72. The van der Waals surface area contributed by atoms with Gasteiger partial charge in [0.1, 0.15) is 16.5 Å². The molecule has 34 heavy (non-hydrogen) atoms. The molecule has 2 aromatic carbocycles. The highest BCUT2D eigenvalue weighted by molar-refractivity contribution is 6.42. The van der Waals surface area contributed by atoms with Crippen LogP contribution in [0, 0.1) is 0 Å². The first kappa shape index (κ1) is 23.6. The monoisotopic (exact) mass is 518 g/mol. The highest BCUT2D eigenvalue weighted by Crippen LogP contribution is 2.34. The van der Waals surface area contributed by atoms with E-state index in [1.165, 1.54) is 6.07 Å². The minimum atomic E-state index is -0.0995. The Labute approximate surface area is 210 Å². The maximum Gasteiger partial charge on any atom is 0.330 e. The minimum Gasteiger partial charge on any atom is -0.495 e. The fraction of sp³-hybridized carbons (Fsp3) is 0.0909. The van der Waals surface area contributed by atoms with Gasteiger partial charge in [-0.15, -0.1) is 0 Å². The molecule has 0 atom stereocenters. The van der Waals surface area contributed by atoms with E-state index < -0.39 is 0 Å². The van der Waals surface area contributed by atoms with Crippen molar-refractivity contribution in [2.24, 2.45) is 0 Å². The third-order valence-corrected chi connectivity index (χ3v) is 5.31. The van der Waals surface area contributed by atoms with Gasteiger partial charge in [-0.2, -0.15) is 19.9 Å². The number of rotatable bonds is 8. The third-order valence-electron chi connectivity index (χ3n) is 4.36. The Kier molecular flexibility index (Phi) is 7.36. The van der Waals surface area contributed by atoms with E-state index >= 15 is 0 Å². The summed E-state index contributed by atoms with van der Waals surface area (Å²) in [6.07, 6.45) is 0. The van der Waals surface area contributed by atoms with Gasteiger partial charge in [-0.25, -0.2) is 0 Å². The lowest BCUT2D eigenvalue weighted by Crippen LogP contribution is -2.07. The van der Waals surface area contributed by atoms with Crippen LogP contribution in [0.5, 0.6) is 23.4 Å². The number of ether oxygens (including phenoxy) is 3. The molecule has 9 nitrogen and oxygen atoms in total. The quantitative estimate of drug-likeness (QED) is 0.252. The molecule has 0 fully saturated rings. The van der Waals surface area contributed by atoms with Crippen LogP contribution in [-0.2, 0) is 0 Å². The van der Waals surface area contributed by atoms with Crippen molar-refractivity contribution in [2.45, 2.75) is 0 Å². The van der Waals surface area contributed by atoms with Crippen molar-refractivity contribution in [1.29, 1.82) is 0 Å². The van der Waals surface area contributed by atoms with Crippen LogP contribution in [0.15, 0.2) is 54.6 Å². The predicted octanol–water partition coefficient (Wildman–Crippen LogP) is 6.52. The second kappa shape index (κ2) is 10.6. The summed E-state index contributed by atoms with van der Waals surface area (Å²) in [7, 11) is 3.13. The average molecular weight is 520 g/mol. The van der Waals surface area contributed by atoms with Crippen LogP contribution in [0.25, 0.3) is 0 Å². The minimum absolute atomic E-state index is 0.0197. The van der Waals surface area contributed by atoms with Gasteiger partial charge in [-0.3, -0.25) is 0 Å². The summed E-state index contributed by atoms with van der Waals surface area (Å²) in [6, 6.07) is 15.9. The molecule has 12 heteroatoms. The Morgan fingerprint density at radius 1 is 0.676 bits per heavy atom. The van der Waals surface area contributed by atoms with Gasteiger partial charge in [-0.1, -0.05) is 59.1 Å². The number of anilines is 4. The molecule has 4 rings (SSSR count). The normalized spacial score (nSPS) is 10.5. The lowest BCUT2D eigenvalue weighted by atomic mass is 10.3. The van der Waals surface area contributed by atoms with Crippen molar-refractivity contribution in [1.82, 2.24) is 19.9 Å². The molecule has 2 N–H and O–H groups in total. The van der Waals surface area contributed by atoms with E-state index in [9.17, 15) is 0 Å². The molecular formula is C22H17Cl3N6O3. The van der Waals surface area contributed by atoms with E-state index in [0.29, 0.717) is 22.9 Å². The summed E-state index contributed by atoms with van der Waals surface area (Å²) in [6.45, 7) is 0. The standard InChI is InChI=1S/C22H17Cl3N6O3/c1-32-16-9-5-3-7-14(16)26-20-29-21(27-15-8-4-6-10-17(15)33-2)31-22(30-20)34-19-13(24)11-12(23)18(25)28-19/h3-11H,1-2H3,(H2,26,27,29,30,31). The second-order valence-corrected chi connectivity index (χ2v) is 7.74. The van der Waals surface area contributed by atoms with Crippen LogP contribution < -0.4 is 24.8 Å². The van der Waals surface area contributed by atoms with Crippen LogP contribution in [0.4, 0.5) is 23.3 Å². The number of nitrogens with one attached hydrogen (secondary N) is 2. The predicted molar refractivity (Wildman–Crippen MR) is 132 cm³/mol. The highest BCUT2D eigenvalue weighted by Gasteiger charge is 2.16. The number of para-hydroxylation sites is 4. The summed E-state index contributed by atoms with van der Waals surface area (Å²) in [5, 5.41) is 6.54.